The summed E-state index contributed by atoms with van der Waals surface area (Å²) in [6.45, 7) is -0.185. The number of hydrogen-bond donors (Lipinski definition) is 0. The van der Waals surface area contributed by atoms with Gasteiger partial charge in [0.05, 0.1) is 22.2 Å². The van der Waals surface area contributed by atoms with Gasteiger partial charge in [0.15, 0.2) is 0 Å². The van der Waals surface area contributed by atoms with Crippen LogP contribution in [0.1, 0.15) is 0 Å². The molecule has 0 amide bonds. The quantitative estimate of drug-likeness (QED) is 0.562. The van der Waals surface area contributed by atoms with Crippen molar-refractivity contribution in [2.24, 2.45) is 4.40 Å². The summed E-state index contributed by atoms with van der Waals surface area (Å²) in [4.78, 5) is 11.7. The molecule has 3 aromatic rings. The molecule has 0 bridgehead atoms. The summed E-state index contributed by atoms with van der Waals surface area (Å²) in [7, 11) is -2.82. The van der Waals surface area contributed by atoms with E-state index in [0.29, 0.717) is 5.52 Å². The molecule has 10 heteroatoms. The lowest BCUT2D eigenvalue weighted by Gasteiger charge is -2.04. The zero-order valence-corrected chi connectivity index (χ0v) is 16.6. The monoisotopic (exact) mass is 458 g/mol. The van der Waals surface area contributed by atoms with E-state index in [4.69, 9.17) is 0 Å². The van der Waals surface area contributed by atoms with Crippen LogP contribution in [0.5, 0.6) is 0 Å². The smallest absolute Gasteiger partial charge is 0.325 e. The number of carbonyl (C=O) groups excluding carboxylic acids is 1. The van der Waals surface area contributed by atoms with E-state index >= 15 is 0 Å². The van der Waals surface area contributed by atoms with Gasteiger partial charge in [-0.3, -0.25) is 4.79 Å². The number of benzene rings is 2. The van der Waals surface area contributed by atoms with E-state index in [1.54, 1.807) is 18.2 Å². The highest BCUT2D eigenvalue weighted by molar-refractivity contribution is 9.10. The number of carbonyl (C=O) groups is 1. The highest BCUT2D eigenvalue weighted by atomic mass is 79.9. The summed E-state index contributed by atoms with van der Waals surface area (Å²) in [6, 6.07) is 9.71. The Morgan fingerprint density at radius 1 is 1.27 bits per heavy atom. The van der Waals surface area contributed by atoms with Crippen molar-refractivity contribution >= 4 is 53.5 Å². The summed E-state index contributed by atoms with van der Waals surface area (Å²) >= 11 is 4.48. The number of thiazole rings is 1. The van der Waals surface area contributed by atoms with E-state index in [1.165, 1.54) is 11.7 Å². The van der Waals surface area contributed by atoms with E-state index in [9.17, 15) is 17.6 Å². The van der Waals surface area contributed by atoms with Crippen LogP contribution in [0.3, 0.4) is 0 Å². The van der Waals surface area contributed by atoms with Crippen molar-refractivity contribution in [1.82, 2.24) is 4.57 Å². The van der Waals surface area contributed by atoms with Crippen LogP contribution < -0.4 is 4.80 Å². The molecule has 26 heavy (non-hydrogen) atoms. The normalized spacial score (nSPS) is 12.5. The Balaban J connectivity index is 2.22. The van der Waals surface area contributed by atoms with Gasteiger partial charge < -0.3 is 9.30 Å². The molecule has 1 aromatic heterocycles. The van der Waals surface area contributed by atoms with Crippen LogP contribution >= 0.6 is 27.3 Å². The van der Waals surface area contributed by atoms with Crippen molar-refractivity contribution in [3.8, 4) is 0 Å². The Hall–Kier alpha value is -2.04. The first-order valence-corrected chi connectivity index (χ1v) is 10.3. The van der Waals surface area contributed by atoms with E-state index in [-0.39, 0.29) is 16.2 Å². The highest BCUT2D eigenvalue weighted by Crippen LogP contribution is 2.23. The average Bonchev–Trinajstić information content (AvgIpc) is 2.90. The zero-order chi connectivity index (χ0) is 18.9. The molecule has 136 valence electrons. The van der Waals surface area contributed by atoms with Crippen molar-refractivity contribution < 1.29 is 22.3 Å². The van der Waals surface area contributed by atoms with E-state index in [2.05, 4.69) is 25.1 Å². The number of ether oxygens (including phenoxy) is 1. The topological polar surface area (TPSA) is 77.7 Å². The molecule has 0 aliphatic carbocycles. The van der Waals surface area contributed by atoms with Crippen molar-refractivity contribution in [3.05, 3.63) is 57.6 Å². The predicted molar refractivity (Wildman–Crippen MR) is 98.7 cm³/mol. The first-order valence-electron chi connectivity index (χ1n) is 7.22. The average molecular weight is 459 g/mol. The molecule has 3 rings (SSSR count). The van der Waals surface area contributed by atoms with Crippen molar-refractivity contribution in [3.63, 3.8) is 0 Å². The SMILES string of the molecule is COC(=O)Cn1/c(=N/S(=O)(=O)c2ccc(F)cc2)sc2cc(Br)ccc21. The Morgan fingerprint density at radius 2 is 1.96 bits per heavy atom. The minimum absolute atomic E-state index is 0.118. The second-order valence-electron chi connectivity index (χ2n) is 5.18. The molecule has 0 atom stereocenters. The number of hydrogen-bond acceptors (Lipinski definition) is 5. The van der Waals surface area contributed by atoms with Gasteiger partial charge in [-0.15, -0.1) is 4.40 Å². The second kappa shape index (κ2) is 7.29. The van der Waals surface area contributed by atoms with Crippen LogP contribution in [0.4, 0.5) is 4.39 Å². The molecule has 0 aliphatic rings. The molecule has 0 fully saturated rings. The number of rotatable bonds is 4. The fourth-order valence-electron chi connectivity index (χ4n) is 2.23. The van der Waals surface area contributed by atoms with Crippen LogP contribution in [0.2, 0.25) is 0 Å². The molecule has 0 radical (unpaired) electrons. The molecular formula is C16H12BrFN2O4S2. The number of aromatic nitrogens is 1. The van der Waals surface area contributed by atoms with Gasteiger partial charge in [0.2, 0.25) is 4.80 Å². The molecule has 1 heterocycles. The van der Waals surface area contributed by atoms with Crippen molar-refractivity contribution in [2.75, 3.05) is 7.11 Å². The summed E-state index contributed by atoms with van der Waals surface area (Å²) in [5.74, 6) is -1.08. The van der Waals surface area contributed by atoms with Gasteiger partial charge >= 0.3 is 5.97 Å². The largest absolute Gasteiger partial charge is 0.468 e. The van der Waals surface area contributed by atoms with Gasteiger partial charge in [-0.25, -0.2) is 4.39 Å². The number of sulfonamides is 1. The maximum Gasteiger partial charge on any atom is 0.325 e. The number of halogens is 2. The van der Waals surface area contributed by atoms with Gasteiger partial charge in [-0.2, -0.15) is 8.42 Å². The van der Waals surface area contributed by atoms with Gasteiger partial charge in [-0.1, -0.05) is 27.3 Å². The fraction of sp³-hybridized carbons (Fsp3) is 0.125. The van der Waals surface area contributed by atoms with E-state index < -0.39 is 21.8 Å². The minimum Gasteiger partial charge on any atom is -0.468 e. The third-order valence-corrected chi connectivity index (χ3v) is 6.40. The van der Waals surface area contributed by atoms with Gasteiger partial charge in [0.25, 0.3) is 10.0 Å². The Labute approximate surface area is 160 Å². The Kier molecular flexibility index (Phi) is 5.26. The van der Waals surface area contributed by atoms with E-state index in [0.717, 1.165) is 44.8 Å². The number of esters is 1. The van der Waals surface area contributed by atoms with Gasteiger partial charge in [0.1, 0.15) is 12.4 Å². The second-order valence-corrected chi connectivity index (χ2v) is 8.71. The summed E-state index contributed by atoms with van der Waals surface area (Å²) < 4.78 is 49.7. The Morgan fingerprint density at radius 3 is 2.62 bits per heavy atom. The molecule has 0 N–H and O–H groups in total. The highest BCUT2D eigenvalue weighted by Gasteiger charge is 2.16. The van der Waals surface area contributed by atoms with Crippen LogP contribution in [-0.2, 0) is 26.1 Å². The van der Waals surface area contributed by atoms with E-state index in [1.807, 2.05) is 0 Å². The fourth-order valence-corrected chi connectivity index (χ4v) is 5.01. The lowest BCUT2D eigenvalue weighted by molar-refractivity contribution is -0.141. The van der Waals surface area contributed by atoms with Crippen molar-refractivity contribution in [2.45, 2.75) is 11.4 Å². The standard InChI is InChI=1S/C16H12BrFN2O4S2/c1-24-15(21)9-20-13-7-2-10(17)8-14(13)25-16(20)19-26(22,23)12-5-3-11(18)4-6-12/h2-8H,9H2,1H3/b19-16-. The first-order chi connectivity index (χ1) is 12.3. The van der Waals surface area contributed by atoms with Crippen LogP contribution in [0, 0.1) is 5.82 Å². The third kappa shape index (κ3) is 3.87. The lowest BCUT2D eigenvalue weighted by Crippen LogP contribution is -2.22. The molecular weight excluding hydrogens is 447 g/mol. The summed E-state index contributed by atoms with van der Waals surface area (Å²) in [6.07, 6.45) is 0. The van der Waals surface area contributed by atoms with Crippen LogP contribution in [0.25, 0.3) is 10.2 Å². The molecule has 0 saturated heterocycles. The maximum atomic E-state index is 13.0. The molecule has 2 aromatic carbocycles. The minimum atomic E-state index is -4.07. The number of fused-ring (bicyclic) bond motifs is 1. The predicted octanol–water partition coefficient (Wildman–Crippen LogP) is 3.07. The van der Waals surface area contributed by atoms with Crippen molar-refractivity contribution in [1.29, 1.82) is 0 Å². The molecule has 0 saturated carbocycles. The maximum absolute atomic E-state index is 13.0. The van der Waals surface area contributed by atoms with Crippen LogP contribution in [0.15, 0.2) is 56.2 Å². The molecule has 6 nitrogen and oxygen atoms in total. The molecule has 0 unspecified atom stereocenters. The van der Waals surface area contributed by atoms with Gasteiger partial charge in [-0.05, 0) is 42.5 Å². The molecule has 0 spiro atoms. The number of nitrogens with zero attached hydrogens (tertiary/aromatic N) is 2. The summed E-state index contributed by atoms with van der Waals surface area (Å²) in [5, 5.41) is 0. The summed E-state index contributed by atoms with van der Waals surface area (Å²) in [5.41, 5.74) is 0.650. The molecule has 0 aliphatic heterocycles. The van der Waals surface area contributed by atoms with Gasteiger partial charge in [0, 0.05) is 4.47 Å². The first kappa shape index (κ1) is 18.7. The lowest BCUT2D eigenvalue weighted by atomic mass is 10.3. The number of methoxy groups -OCH3 is 1. The third-order valence-electron chi connectivity index (χ3n) is 3.47. The van der Waals surface area contributed by atoms with Crippen LogP contribution in [-0.4, -0.2) is 26.1 Å². The Bertz CT molecular complexity index is 1150. The zero-order valence-electron chi connectivity index (χ0n) is 13.3.